The van der Waals surface area contributed by atoms with Crippen LogP contribution in [-0.2, 0) is 17.6 Å². The maximum atomic E-state index is 12.1. The van der Waals surface area contributed by atoms with Crippen molar-refractivity contribution >= 4 is 62.8 Å². The molecule has 6 rings (SSSR count). The quantitative estimate of drug-likeness (QED) is 0.217. The van der Waals surface area contributed by atoms with Crippen molar-refractivity contribution in [1.82, 2.24) is 19.7 Å². The largest absolute Gasteiger partial charge is 0.477 e. The van der Waals surface area contributed by atoms with Crippen molar-refractivity contribution < 1.29 is 24.2 Å². The second kappa shape index (κ2) is 13.5. The summed E-state index contributed by atoms with van der Waals surface area (Å²) < 4.78 is 15.7. The molecule has 228 valence electrons. The molecule has 3 aromatic heterocycles. The number of aliphatic carboxylic acids is 1. The van der Waals surface area contributed by atoms with Crippen LogP contribution in [0.3, 0.4) is 0 Å². The highest BCUT2D eigenvalue weighted by atomic mass is 127. The summed E-state index contributed by atoms with van der Waals surface area (Å²) in [6.07, 6.45) is 8.79. The molecule has 0 unspecified atom stereocenters. The van der Waals surface area contributed by atoms with E-state index in [4.69, 9.17) is 5.11 Å². The third-order valence-electron chi connectivity index (χ3n) is 7.70. The molecule has 4 heterocycles. The molecule has 1 aliphatic heterocycles. The van der Waals surface area contributed by atoms with Crippen LogP contribution >= 0.6 is 45.2 Å². The summed E-state index contributed by atoms with van der Waals surface area (Å²) in [5, 5.41) is 22.7. The van der Waals surface area contributed by atoms with E-state index in [-0.39, 0.29) is 16.5 Å². The molecular formula is C31H34FI2N5O4. The first-order valence-corrected chi connectivity index (χ1v) is 16.0. The number of aliphatic imine (C=N–C) groups is 1. The van der Waals surface area contributed by atoms with Crippen LogP contribution in [0.25, 0.3) is 5.82 Å². The summed E-state index contributed by atoms with van der Waals surface area (Å²) >= 11 is 4.24. The molecule has 3 aromatic rings. The van der Waals surface area contributed by atoms with Crippen molar-refractivity contribution in [1.29, 1.82) is 0 Å². The number of aromatic carboxylic acids is 1. The molecule has 0 saturated carbocycles. The third kappa shape index (κ3) is 8.46. The van der Waals surface area contributed by atoms with Gasteiger partial charge in [0.25, 0.3) is 0 Å². The molecule has 0 fully saturated rings. The second-order valence-electron chi connectivity index (χ2n) is 12.4. The Morgan fingerprint density at radius 1 is 0.907 bits per heavy atom. The van der Waals surface area contributed by atoms with Crippen LogP contribution in [0.5, 0.6) is 0 Å². The lowest BCUT2D eigenvalue weighted by Crippen LogP contribution is -2.24. The van der Waals surface area contributed by atoms with Gasteiger partial charge >= 0.3 is 11.9 Å². The third-order valence-corrected chi connectivity index (χ3v) is 9.04. The van der Waals surface area contributed by atoms with Gasteiger partial charge < -0.3 is 10.2 Å². The first kappa shape index (κ1) is 33.1. The first-order chi connectivity index (χ1) is 20.2. The maximum absolute atomic E-state index is 12.1. The van der Waals surface area contributed by atoms with Gasteiger partial charge in [0.05, 0.1) is 12.2 Å². The van der Waals surface area contributed by atoms with Crippen molar-refractivity contribution in [2.75, 3.05) is 6.54 Å². The van der Waals surface area contributed by atoms with Gasteiger partial charge in [-0.2, -0.15) is 9.49 Å². The van der Waals surface area contributed by atoms with E-state index in [2.05, 4.69) is 70.3 Å². The average molecular weight is 813 g/mol. The fourth-order valence-electron chi connectivity index (χ4n) is 5.43. The zero-order valence-electron chi connectivity index (χ0n) is 24.5. The zero-order chi connectivity index (χ0) is 31.5. The van der Waals surface area contributed by atoms with Crippen molar-refractivity contribution in [2.24, 2.45) is 15.8 Å². The van der Waals surface area contributed by atoms with Crippen molar-refractivity contribution in [2.45, 2.75) is 66.2 Å². The molecule has 0 amide bonds. The highest BCUT2D eigenvalue weighted by Crippen LogP contribution is 2.41. The normalized spacial score (nSPS) is 17.8. The minimum absolute atomic E-state index is 0.115. The number of halogens is 3. The van der Waals surface area contributed by atoms with Crippen molar-refractivity contribution in [3.05, 3.63) is 77.8 Å². The summed E-state index contributed by atoms with van der Waals surface area (Å²) in [4.78, 5) is 34.2. The van der Waals surface area contributed by atoms with Gasteiger partial charge in [-0.25, -0.2) is 24.2 Å². The molecule has 43 heavy (non-hydrogen) atoms. The molecule has 0 atom stereocenters. The summed E-state index contributed by atoms with van der Waals surface area (Å²) in [5.74, 6) is -1.57. The lowest BCUT2D eigenvalue weighted by molar-refractivity contribution is -0.129. The number of fused-ring (bicyclic) bond motifs is 1. The Morgan fingerprint density at radius 2 is 1.53 bits per heavy atom. The van der Waals surface area contributed by atoms with E-state index >= 15 is 0 Å². The van der Waals surface area contributed by atoms with Crippen molar-refractivity contribution in [3.63, 3.8) is 0 Å². The summed E-state index contributed by atoms with van der Waals surface area (Å²) in [6.45, 7) is 9.33. The molecule has 0 aromatic carbocycles. The Balaban J connectivity index is 0.000000165. The van der Waals surface area contributed by atoms with Gasteiger partial charge in [0.15, 0.2) is 11.5 Å². The lowest BCUT2D eigenvalue weighted by Gasteiger charge is -2.30. The van der Waals surface area contributed by atoms with Gasteiger partial charge in [0, 0.05) is 31.2 Å². The highest BCUT2D eigenvalue weighted by Gasteiger charge is 2.35. The summed E-state index contributed by atoms with van der Waals surface area (Å²) in [6, 6.07) is 6.94. The van der Waals surface area contributed by atoms with E-state index in [1.165, 1.54) is 17.8 Å². The monoisotopic (exact) mass is 813 g/mol. The number of rotatable bonds is 3. The molecule has 2 N–H and O–H groups in total. The van der Waals surface area contributed by atoms with Gasteiger partial charge in [0.2, 0.25) is 5.95 Å². The molecule has 0 bridgehead atoms. The number of carbonyl (C=O) groups is 2. The van der Waals surface area contributed by atoms with Gasteiger partial charge in [-0.05, 0) is 124 Å². The molecule has 0 saturated heterocycles. The second-order valence-corrected chi connectivity index (χ2v) is 14.8. The summed E-state index contributed by atoms with van der Waals surface area (Å²) in [5.41, 5.74) is 4.94. The molecule has 2 aliphatic carbocycles. The van der Waals surface area contributed by atoms with E-state index < -0.39 is 17.9 Å². The van der Waals surface area contributed by atoms with E-state index in [1.54, 1.807) is 16.9 Å². The van der Waals surface area contributed by atoms with E-state index in [9.17, 15) is 19.1 Å². The highest BCUT2D eigenvalue weighted by molar-refractivity contribution is 14.1. The average Bonchev–Trinajstić information content (AvgIpc) is 3.49. The van der Waals surface area contributed by atoms with Crippen LogP contribution in [0, 0.1) is 23.9 Å². The molecule has 9 nitrogen and oxygen atoms in total. The first-order valence-electron chi connectivity index (χ1n) is 13.9. The van der Waals surface area contributed by atoms with Gasteiger partial charge in [0.1, 0.15) is 5.71 Å². The SMILES string of the molecule is CC1(C)CCC2=C(C1)C(C(=O)O)=NC2.CC1(C)CCc2c(c(C(=O)O)nn2-c2cc(I)ccn2)C1.Fc1cc(I)ccn1. The smallest absolute Gasteiger partial charge is 0.356 e. The Kier molecular flexibility index (Phi) is 10.4. The number of nitrogens with zero attached hydrogens (tertiary/aromatic N) is 5. The predicted octanol–water partition coefficient (Wildman–Crippen LogP) is 6.94. The van der Waals surface area contributed by atoms with Crippen LogP contribution in [0.15, 0.2) is 52.8 Å². The van der Waals surface area contributed by atoms with E-state index in [1.807, 2.05) is 34.7 Å². The van der Waals surface area contributed by atoms with Crippen LogP contribution in [-0.4, -0.2) is 54.2 Å². The predicted molar refractivity (Wildman–Crippen MR) is 178 cm³/mol. The fraction of sp³-hybridized carbons (Fsp3) is 0.419. The minimum Gasteiger partial charge on any atom is -0.477 e. The number of carboxylic acids is 2. The number of aromatic nitrogens is 4. The standard InChI is InChI=1S/C15H16IN3O2.C11H15NO2.C5H3FIN/c1-15(2)5-3-11-10(8-15)13(14(20)21)18-19(11)12-7-9(16)4-6-17-12;1-11(2)4-3-7-6-12-9(10(13)14)8(7)5-11;6-5-3-4(7)1-2-8-5/h4,6-7H,3,5,8H2,1-2H3,(H,20,21);3-6H2,1-2H3,(H,13,14);1-3H. The van der Waals surface area contributed by atoms with Gasteiger partial charge in [-0.1, -0.05) is 27.7 Å². The molecule has 0 spiro atoms. The number of carboxylic acid groups (broad SMARTS) is 2. The Bertz CT molecular complexity index is 1600. The topological polar surface area (TPSA) is 131 Å². The van der Waals surface area contributed by atoms with E-state index in [0.29, 0.717) is 18.1 Å². The van der Waals surface area contributed by atoms with Crippen molar-refractivity contribution in [3.8, 4) is 5.82 Å². The molecule has 0 radical (unpaired) electrons. The zero-order valence-corrected chi connectivity index (χ0v) is 28.8. The van der Waals surface area contributed by atoms with Gasteiger partial charge in [-0.15, -0.1) is 0 Å². The number of hydrogen-bond donors (Lipinski definition) is 2. The Morgan fingerprint density at radius 3 is 2.12 bits per heavy atom. The lowest BCUT2D eigenvalue weighted by atomic mass is 9.74. The van der Waals surface area contributed by atoms with Crippen LogP contribution in [0.2, 0.25) is 0 Å². The molecule has 12 heteroatoms. The maximum Gasteiger partial charge on any atom is 0.356 e. The number of pyridine rings is 2. The summed E-state index contributed by atoms with van der Waals surface area (Å²) in [7, 11) is 0. The Labute approximate surface area is 277 Å². The molecular weight excluding hydrogens is 779 g/mol. The fourth-order valence-corrected chi connectivity index (χ4v) is 6.28. The minimum atomic E-state index is -0.965. The van der Waals surface area contributed by atoms with Crippen LogP contribution in [0.1, 0.15) is 75.1 Å². The van der Waals surface area contributed by atoms with Crippen LogP contribution < -0.4 is 0 Å². The number of hydrogen-bond acceptors (Lipinski definition) is 6. The van der Waals surface area contributed by atoms with E-state index in [0.717, 1.165) is 62.5 Å². The van der Waals surface area contributed by atoms with Gasteiger partial charge in [-0.3, -0.25) is 4.99 Å². The Hall–Kier alpha value is -2.75. The molecule has 3 aliphatic rings. The van der Waals surface area contributed by atoms with Crippen LogP contribution in [0.4, 0.5) is 4.39 Å².